The largest absolute Gasteiger partial charge is 0.424 e. The van der Waals surface area contributed by atoms with Crippen LogP contribution in [0.15, 0.2) is 34.7 Å². The highest BCUT2D eigenvalue weighted by molar-refractivity contribution is 5.17. The van der Waals surface area contributed by atoms with Crippen molar-refractivity contribution >= 4 is 0 Å². The Morgan fingerprint density at radius 1 is 1.24 bits per heavy atom. The first-order valence-electron chi connectivity index (χ1n) is 9.10. The summed E-state index contributed by atoms with van der Waals surface area (Å²) in [5.41, 5.74) is 0.995. The van der Waals surface area contributed by atoms with Gasteiger partial charge in [-0.1, -0.05) is 30.3 Å². The normalized spacial score (nSPS) is 19.0. The van der Waals surface area contributed by atoms with Gasteiger partial charge in [-0.05, 0) is 50.9 Å². The van der Waals surface area contributed by atoms with Crippen LogP contribution in [0, 0.1) is 12.8 Å². The van der Waals surface area contributed by atoms with Crippen LogP contribution in [0.5, 0.6) is 0 Å². The summed E-state index contributed by atoms with van der Waals surface area (Å²) in [5.74, 6) is 1.91. The van der Waals surface area contributed by atoms with Crippen LogP contribution in [0.3, 0.4) is 0 Å². The van der Waals surface area contributed by atoms with E-state index >= 15 is 0 Å². The third-order valence-corrected chi connectivity index (χ3v) is 4.95. The van der Waals surface area contributed by atoms with Gasteiger partial charge in [-0.2, -0.15) is 0 Å². The molecule has 0 amide bonds. The summed E-state index contributed by atoms with van der Waals surface area (Å²) in [7, 11) is 0. The van der Waals surface area contributed by atoms with Crippen molar-refractivity contribution in [1.82, 2.24) is 20.4 Å². The number of aliphatic hydroxyl groups excluding tert-OH is 1. The highest BCUT2D eigenvalue weighted by atomic mass is 16.4. The van der Waals surface area contributed by atoms with Gasteiger partial charge in [-0.25, -0.2) is 0 Å². The fourth-order valence-electron chi connectivity index (χ4n) is 3.32. The van der Waals surface area contributed by atoms with Crippen molar-refractivity contribution in [1.29, 1.82) is 0 Å². The van der Waals surface area contributed by atoms with E-state index in [2.05, 4.69) is 27.3 Å². The van der Waals surface area contributed by atoms with E-state index in [4.69, 9.17) is 4.42 Å². The molecule has 1 aliphatic heterocycles. The molecule has 6 heteroatoms. The van der Waals surface area contributed by atoms with Crippen molar-refractivity contribution in [2.45, 2.75) is 38.8 Å². The third-order valence-electron chi connectivity index (χ3n) is 4.95. The molecule has 3 rings (SSSR count). The zero-order valence-corrected chi connectivity index (χ0v) is 15.1. The topological polar surface area (TPSA) is 74.4 Å². The third kappa shape index (κ3) is 5.11. The van der Waals surface area contributed by atoms with E-state index in [0.29, 0.717) is 24.2 Å². The van der Waals surface area contributed by atoms with Crippen molar-refractivity contribution < 1.29 is 9.52 Å². The minimum absolute atomic E-state index is 0.0825. The molecule has 0 saturated carbocycles. The minimum atomic E-state index is -0.406. The highest BCUT2D eigenvalue weighted by Gasteiger charge is 2.22. The average molecular weight is 344 g/mol. The molecule has 1 aromatic carbocycles. The number of aliphatic hydroxyl groups is 1. The molecule has 2 aromatic rings. The second-order valence-electron chi connectivity index (χ2n) is 6.96. The van der Waals surface area contributed by atoms with Crippen LogP contribution in [-0.4, -0.2) is 46.4 Å². The SMILES string of the molecule is Cc1nnc([C@@H](C)NCC2CCN(C[C@H](O)c3ccccc3)CC2)o1. The molecule has 25 heavy (non-hydrogen) atoms. The van der Waals surface area contributed by atoms with Crippen LogP contribution in [0.25, 0.3) is 0 Å². The molecule has 0 spiro atoms. The summed E-state index contributed by atoms with van der Waals surface area (Å²) in [6.07, 6.45) is 1.88. The smallest absolute Gasteiger partial charge is 0.233 e. The zero-order valence-electron chi connectivity index (χ0n) is 15.1. The van der Waals surface area contributed by atoms with Gasteiger partial charge in [0.1, 0.15) is 0 Å². The predicted molar refractivity (Wildman–Crippen MR) is 96.0 cm³/mol. The Kier molecular flexibility index (Phi) is 6.18. The van der Waals surface area contributed by atoms with Crippen molar-refractivity contribution in [3.8, 4) is 0 Å². The molecule has 1 saturated heterocycles. The summed E-state index contributed by atoms with van der Waals surface area (Å²) >= 11 is 0. The molecule has 2 atom stereocenters. The summed E-state index contributed by atoms with van der Waals surface area (Å²) in [5, 5.41) is 21.8. The molecular weight excluding hydrogens is 316 g/mol. The predicted octanol–water partition coefficient (Wildman–Crippen LogP) is 2.47. The highest BCUT2D eigenvalue weighted by Crippen LogP contribution is 2.21. The summed E-state index contributed by atoms with van der Waals surface area (Å²) in [6, 6.07) is 9.99. The number of β-amino-alcohol motifs (C(OH)–C–C–N with tert-alkyl or cyclic N) is 1. The van der Waals surface area contributed by atoms with E-state index in [1.165, 1.54) is 0 Å². The number of nitrogens with zero attached hydrogens (tertiary/aromatic N) is 3. The second kappa shape index (κ2) is 8.56. The van der Waals surface area contributed by atoms with Gasteiger partial charge < -0.3 is 19.7 Å². The Bertz CT molecular complexity index is 638. The van der Waals surface area contributed by atoms with E-state index in [1.807, 2.05) is 37.3 Å². The molecule has 136 valence electrons. The summed E-state index contributed by atoms with van der Waals surface area (Å²) in [6.45, 7) is 7.59. The van der Waals surface area contributed by atoms with Crippen LogP contribution in [0.2, 0.25) is 0 Å². The number of aryl methyl sites for hydroxylation is 1. The Labute approximate surface area is 149 Å². The van der Waals surface area contributed by atoms with Gasteiger partial charge in [0.2, 0.25) is 11.8 Å². The Hall–Kier alpha value is -1.76. The van der Waals surface area contributed by atoms with Gasteiger partial charge in [-0.15, -0.1) is 10.2 Å². The molecule has 2 N–H and O–H groups in total. The van der Waals surface area contributed by atoms with Gasteiger partial charge in [-0.3, -0.25) is 0 Å². The molecule has 0 bridgehead atoms. The lowest BCUT2D eigenvalue weighted by atomic mass is 9.96. The Balaban J connectivity index is 1.38. The molecule has 6 nitrogen and oxygen atoms in total. The number of piperidine rings is 1. The number of benzene rings is 1. The van der Waals surface area contributed by atoms with Crippen LogP contribution in [0.1, 0.15) is 49.3 Å². The molecular formula is C19H28N4O2. The quantitative estimate of drug-likeness (QED) is 0.804. The van der Waals surface area contributed by atoms with Crippen LogP contribution in [0.4, 0.5) is 0 Å². The number of aromatic nitrogens is 2. The lowest BCUT2D eigenvalue weighted by Gasteiger charge is -2.33. The fourth-order valence-corrected chi connectivity index (χ4v) is 3.32. The maximum absolute atomic E-state index is 10.4. The molecule has 2 heterocycles. The number of hydrogen-bond acceptors (Lipinski definition) is 6. The number of rotatable bonds is 7. The first-order valence-corrected chi connectivity index (χ1v) is 9.10. The van der Waals surface area contributed by atoms with E-state index in [1.54, 1.807) is 0 Å². The second-order valence-corrected chi connectivity index (χ2v) is 6.96. The maximum Gasteiger partial charge on any atom is 0.233 e. The van der Waals surface area contributed by atoms with Crippen LogP contribution >= 0.6 is 0 Å². The van der Waals surface area contributed by atoms with Crippen molar-refractivity contribution in [3.05, 3.63) is 47.7 Å². The van der Waals surface area contributed by atoms with Gasteiger partial charge in [0.25, 0.3) is 0 Å². The lowest BCUT2D eigenvalue weighted by Crippen LogP contribution is -2.39. The maximum atomic E-state index is 10.4. The van der Waals surface area contributed by atoms with E-state index in [9.17, 15) is 5.11 Å². The van der Waals surface area contributed by atoms with Crippen molar-refractivity contribution in [2.24, 2.45) is 5.92 Å². The van der Waals surface area contributed by atoms with Crippen LogP contribution < -0.4 is 5.32 Å². The molecule has 1 fully saturated rings. The van der Waals surface area contributed by atoms with Gasteiger partial charge >= 0.3 is 0 Å². The average Bonchev–Trinajstić information content (AvgIpc) is 3.08. The molecule has 0 aliphatic carbocycles. The van der Waals surface area contributed by atoms with Gasteiger partial charge in [0, 0.05) is 13.5 Å². The van der Waals surface area contributed by atoms with Crippen LogP contribution in [-0.2, 0) is 0 Å². The molecule has 0 unspecified atom stereocenters. The number of likely N-dealkylation sites (tertiary alicyclic amines) is 1. The van der Waals surface area contributed by atoms with Crippen molar-refractivity contribution in [3.63, 3.8) is 0 Å². The van der Waals surface area contributed by atoms with Gasteiger partial charge in [0.15, 0.2) is 0 Å². The van der Waals surface area contributed by atoms with E-state index in [-0.39, 0.29) is 6.04 Å². The first kappa shape index (κ1) is 18.0. The summed E-state index contributed by atoms with van der Waals surface area (Å²) < 4.78 is 5.47. The van der Waals surface area contributed by atoms with Crippen molar-refractivity contribution in [2.75, 3.05) is 26.2 Å². The molecule has 0 radical (unpaired) electrons. The fraction of sp³-hybridized carbons (Fsp3) is 0.579. The lowest BCUT2D eigenvalue weighted by molar-refractivity contribution is 0.0886. The first-order chi connectivity index (χ1) is 12.1. The summed E-state index contributed by atoms with van der Waals surface area (Å²) in [4.78, 5) is 2.36. The number of nitrogens with one attached hydrogen (secondary N) is 1. The Morgan fingerprint density at radius 2 is 1.96 bits per heavy atom. The van der Waals surface area contributed by atoms with E-state index < -0.39 is 6.10 Å². The standard InChI is InChI=1S/C19H28N4O2/c1-14(19-22-21-15(2)25-19)20-12-16-8-10-23(11-9-16)13-18(24)17-6-4-3-5-7-17/h3-7,14,16,18,20,24H,8-13H2,1-2H3/t14-,18+/m1/s1. The zero-order chi connectivity index (χ0) is 17.6. The minimum Gasteiger partial charge on any atom is -0.424 e. The molecule has 1 aromatic heterocycles. The van der Waals surface area contributed by atoms with Gasteiger partial charge in [0.05, 0.1) is 12.1 Å². The van der Waals surface area contributed by atoms with E-state index in [0.717, 1.165) is 38.0 Å². The number of hydrogen-bond donors (Lipinski definition) is 2. The monoisotopic (exact) mass is 344 g/mol. The molecule has 1 aliphatic rings. The Morgan fingerprint density at radius 3 is 2.60 bits per heavy atom.